The Hall–Kier alpha value is -2.47. The summed E-state index contributed by atoms with van der Waals surface area (Å²) in [6.45, 7) is 3.89. The molecule has 23 heavy (non-hydrogen) atoms. The van der Waals surface area contributed by atoms with Gasteiger partial charge in [0.25, 0.3) is 5.91 Å². The number of aryl methyl sites for hydroxylation is 2. The average Bonchev–Trinajstić information content (AvgIpc) is 3.21. The van der Waals surface area contributed by atoms with Crippen LogP contribution in [0.3, 0.4) is 0 Å². The van der Waals surface area contributed by atoms with Crippen LogP contribution in [0.1, 0.15) is 45.4 Å². The van der Waals surface area contributed by atoms with Crippen molar-refractivity contribution in [1.82, 2.24) is 20.5 Å². The standard InChI is InChI=1S/C17H18N4OS/c1-3-12-9-10-23-15(12)17(22)19-14(13-7-5-4-6-8-13)16-18-11(2)20-21-16/h4-10,14H,3H2,1-2H3,(H,19,22)(H,18,20,21). The number of amides is 1. The van der Waals surface area contributed by atoms with Gasteiger partial charge >= 0.3 is 0 Å². The Morgan fingerprint density at radius 3 is 2.74 bits per heavy atom. The first-order chi connectivity index (χ1) is 11.2. The van der Waals surface area contributed by atoms with Crippen molar-refractivity contribution in [2.45, 2.75) is 26.3 Å². The predicted octanol–water partition coefficient (Wildman–Crippen LogP) is 3.26. The molecule has 0 bridgehead atoms. The molecule has 5 nitrogen and oxygen atoms in total. The van der Waals surface area contributed by atoms with E-state index in [2.05, 4.69) is 20.5 Å². The third-order valence-electron chi connectivity index (χ3n) is 3.61. The van der Waals surface area contributed by atoms with Gasteiger partial charge in [-0.25, -0.2) is 4.98 Å². The van der Waals surface area contributed by atoms with Crippen LogP contribution in [0.15, 0.2) is 41.8 Å². The highest BCUT2D eigenvalue weighted by atomic mass is 32.1. The Morgan fingerprint density at radius 1 is 1.30 bits per heavy atom. The molecular formula is C17H18N4OS. The summed E-state index contributed by atoms with van der Waals surface area (Å²) in [6.07, 6.45) is 0.835. The van der Waals surface area contributed by atoms with E-state index in [0.29, 0.717) is 5.82 Å². The molecule has 0 saturated carbocycles. The van der Waals surface area contributed by atoms with Crippen LogP contribution in [-0.2, 0) is 6.42 Å². The summed E-state index contributed by atoms with van der Waals surface area (Å²) in [7, 11) is 0. The molecule has 0 radical (unpaired) electrons. The van der Waals surface area contributed by atoms with E-state index in [1.165, 1.54) is 11.3 Å². The summed E-state index contributed by atoms with van der Waals surface area (Å²) in [5.41, 5.74) is 2.01. The number of H-pyrrole nitrogens is 1. The number of aromatic nitrogens is 3. The average molecular weight is 326 g/mol. The fourth-order valence-electron chi connectivity index (χ4n) is 2.44. The quantitative estimate of drug-likeness (QED) is 0.756. The summed E-state index contributed by atoms with van der Waals surface area (Å²) in [6, 6.07) is 11.4. The molecule has 1 amide bonds. The van der Waals surface area contributed by atoms with E-state index in [1.807, 2.05) is 55.6 Å². The summed E-state index contributed by atoms with van der Waals surface area (Å²) in [5, 5.41) is 12.1. The van der Waals surface area contributed by atoms with Crippen LogP contribution in [0.5, 0.6) is 0 Å². The van der Waals surface area contributed by atoms with Crippen LogP contribution in [0.25, 0.3) is 0 Å². The van der Waals surface area contributed by atoms with E-state index in [-0.39, 0.29) is 11.9 Å². The maximum atomic E-state index is 12.7. The van der Waals surface area contributed by atoms with Crippen molar-refractivity contribution in [1.29, 1.82) is 0 Å². The van der Waals surface area contributed by atoms with E-state index >= 15 is 0 Å². The van der Waals surface area contributed by atoms with E-state index in [1.54, 1.807) is 0 Å². The molecule has 0 fully saturated rings. The summed E-state index contributed by atoms with van der Waals surface area (Å²) in [4.78, 5) is 17.8. The molecule has 2 heterocycles. The minimum absolute atomic E-state index is 0.0897. The second-order valence-corrected chi connectivity index (χ2v) is 6.14. The van der Waals surface area contributed by atoms with Gasteiger partial charge in [0.05, 0.1) is 4.88 Å². The molecule has 6 heteroatoms. The number of nitrogens with one attached hydrogen (secondary N) is 2. The lowest BCUT2D eigenvalue weighted by molar-refractivity contribution is 0.0945. The molecular weight excluding hydrogens is 308 g/mol. The lowest BCUT2D eigenvalue weighted by Crippen LogP contribution is -2.30. The lowest BCUT2D eigenvalue weighted by atomic mass is 10.1. The van der Waals surface area contributed by atoms with Crippen molar-refractivity contribution in [3.8, 4) is 0 Å². The van der Waals surface area contributed by atoms with Crippen molar-refractivity contribution in [3.05, 3.63) is 69.4 Å². The van der Waals surface area contributed by atoms with Crippen LogP contribution in [0.4, 0.5) is 0 Å². The third-order valence-corrected chi connectivity index (χ3v) is 4.57. The molecule has 2 aromatic heterocycles. The second kappa shape index (κ2) is 6.75. The van der Waals surface area contributed by atoms with Crippen molar-refractivity contribution < 1.29 is 4.79 Å². The number of carbonyl (C=O) groups excluding carboxylic acids is 1. The number of nitrogens with zero attached hydrogens (tertiary/aromatic N) is 2. The fourth-order valence-corrected chi connectivity index (χ4v) is 3.34. The lowest BCUT2D eigenvalue weighted by Gasteiger charge is -2.16. The number of hydrogen-bond acceptors (Lipinski definition) is 4. The van der Waals surface area contributed by atoms with Gasteiger partial charge in [-0.05, 0) is 35.9 Å². The topological polar surface area (TPSA) is 70.7 Å². The van der Waals surface area contributed by atoms with E-state index < -0.39 is 0 Å². The monoisotopic (exact) mass is 326 g/mol. The maximum absolute atomic E-state index is 12.7. The number of benzene rings is 1. The van der Waals surface area contributed by atoms with Gasteiger partial charge in [0.1, 0.15) is 11.9 Å². The largest absolute Gasteiger partial charge is 0.337 e. The zero-order chi connectivity index (χ0) is 16.2. The molecule has 1 unspecified atom stereocenters. The summed E-state index contributed by atoms with van der Waals surface area (Å²) >= 11 is 1.46. The van der Waals surface area contributed by atoms with Crippen molar-refractivity contribution in [2.24, 2.45) is 0 Å². The first kappa shape index (κ1) is 15.4. The van der Waals surface area contributed by atoms with Crippen LogP contribution in [0, 0.1) is 6.92 Å². The number of carbonyl (C=O) groups is 1. The summed E-state index contributed by atoms with van der Waals surface area (Å²) < 4.78 is 0. The summed E-state index contributed by atoms with van der Waals surface area (Å²) in [5.74, 6) is 1.20. The minimum Gasteiger partial charge on any atom is -0.337 e. The van der Waals surface area contributed by atoms with Crippen molar-refractivity contribution >= 4 is 17.2 Å². The molecule has 0 aliphatic heterocycles. The zero-order valence-electron chi connectivity index (χ0n) is 13.0. The number of thiophene rings is 1. The molecule has 3 rings (SSSR count). The Morgan fingerprint density at radius 2 is 2.09 bits per heavy atom. The Bertz CT molecular complexity index is 794. The molecule has 0 saturated heterocycles. The molecule has 0 aliphatic rings. The van der Waals surface area contributed by atoms with Gasteiger partial charge in [-0.1, -0.05) is 37.3 Å². The van der Waals surface area contributed by atoms with Gasteiger partial charge in [0, 0.05) is 0 Å². The van der Waals surface area contributed by atoms with Crippen LogP contribution >= 0.6 is 11.3 Å². The molecule has 118 valence electrons. The Labute approximate surface area is 138 Å². The number of rotatable bonds is 5. The van der Waals surface area contributed by atoms with Gasteiger partial charge in [0.15, 0.2) is 5.82 Å². The van der Waals surface area contributed by atoms with Crippen LogP contribution in [0.2, 0.25) is 0 Å². The molecule has 1 aromatic carbocycles. The normalized spacial score (nSPS) is 12.1. The van der Waals surface area contributed by atoms with Gasteiger partial charge in [-0.2, -0.15) is 5.10 Å². The van der Waals surface area contributed by atoms with E-state index in [9.17, 15) is 4.79 Å². The Kier molecular flexibility index (Phi) is 4.52. The molecule has 3 aromatic rings. The van der Waals surface area contributed by atoms with Gasteiger partial charge in [0.2, 0.25) is 0 Å². The first-order valence-corrected chi connectivity index (χ1v) is 8.38. The smallest absolute Gasteiger partial charge is 0.262 e. The Balaban J connectivity index is 1.92. The highest BCUT2D eigenvalue weighted by molar-refractivity contribution is 7.12. The van der Waals surface area contributed by atoms with Crippen LogP contribution in [-0.4, -0.2) is 21.1 Å². The zero-order valence-corrected chi connectivity index (χ0v) is 13.9. The first-order valence-electron chi connectivity index (χ1n) is 7.50. The fraction of sp³-hybridized carbons (Fsp3) is 0.235. The molecule has 0 spiro atoms. The van der Waals surface area contributed by atoms with Gasteiger partial charge in [-0.3, -0.25) is 9.89 Å². The number of aromatic amines is 1. The highest BCUT2D eigenvalue weighted by Crippen LogP contribution is 2.22. The molecule has 2 N–H and O–H groups in total. The minimum atomic E-state index is -0.375. The third kappa shape index (κ3) is 3.32. The SMILES string of the molecule is CCc1ccsc1C(=O)NC(c1ccccc1)c1n[nH]c(C)n1. The predicted molar refractivity (Wildman–Crippen MR) is 90.6 cm³/mol. The maximum Gasteiger partial charge on any atom is 0.262 e. The van der Waals surface area contributed by atoms with E-state index in [0.717, 1.165) is 28.2 Å². The van der Waals surface area contributed by atoms with Crippen molar-refractivity contribution in [2.75, 3.05) is 0 Å². The van der Waals surface area contributed by atoms with Crippen molar-refractivity contribution in [3.63, 3.8) is 0 Å². The molecule has 1 atom stereocenters. The van der Waals surface area contributed by atoms with Gasteiger partial charge < -0.3 is 5.32 Å². The second-order valence-electron chi connectivity index (χ2n) is 5.22. The number of hydrogen-bond donors (Lipinski definition) is 2. The van der Waals surface area contributed by atoms with E-state index in [4.69, 9.17) is 0 Å². The van der Waals surface area contributed by atoms with Gasteiger partial charge in [-0.15, -0.1) is 11.3 Å². The molecule has 0 aliphatic carbocycles. The van der Waals surface area contributed by atoms with Crippen LogP contribution < -0.4 is 5.32 Å². The highest BCUT2D eigenvalue weighted by Gasteiger charge is 2.23.